The quantitative estimate of drug-likeness (QED) is 0.371. The lowest BCUT2D eigenvalue weighted by Gasteiger charge is -2.07. The maximum absolute atomic E-state index is 12.5. The van der Waals surface area contributed by atoms with E-state index in [0.717, 1.165) is 15.6 Å². The summed E-state index contributed by atoms with van der Waals surface area (Å²) in [6.45, 7) is 4.42. The normalized spacial score (nSPS) is 11.0. The first-order valence-electron chi connectivity index (χ1n) is 9.02. The van der Waals surface area contributed by atoms with Crippen molar-refractivity contribution in [3.8, 4) is 23.1 Å². The highest BCUT2D eigenvalue weighted by atomic mass is 79.9. The second kappa shape index (κ2) is 9.26. The number of halogens is 1. The summed E-state index contributed by atoms with van der Waals surface area (Å²) in [6, 6.07) is 18.4. The van der Waals surface area contributed by atoms with E-state index < -0.39 is 5.91 Å². The van der Waals surface area contributed by atoms with Crippen LogP contribution in [0.5, 0.6) is 5.75 Å². The van der Waals surface area contributed by atoms with Gasteiger partial charge >= 0.3 is 0 Å². The zero-order valence-electron chi connectivity index (χ0n) is 16.0. The van der Waals surface area contributed by atoms with E-state index in [0.29, 0.717) is 29.6 Å². The molecule has 1 amide bonds. The highest BCUT2D eigenvalue weighted by Gasteiger charge is 2.13. The third-order valence-corrected chi connectivity index (χ3v) is 4.73. The van der Waals surface area contributed by atoms with Crippen LogP contribution in [0, 0.1) is 18.3 Å². The molecule has 0 spiro atoms. The van der Waals surface area contributed by atoms with Crippen LogP contribution in [0.3, 0.4) is 0 Å². The molecule has 29 heavy (non-hydrogen) atoms. The summed E-state index contributed by atoms with van der Waals surface area (Å²) >= 11 is 3.53. The van der Waals surface area contributed by atoms with Crippen LogP contribution in [0.4, 0.5) is 5.69 Å². The first kappa shape index (κ1) is 20.4. The van der Waals surface area contributed by atoms with E-state index in [1.54, 1.807) is 36.4 Å². The molecule has 5 nitrogen and oxygen atoms in total. The van der Waals surface area contributed by atoms with Gasteiger partial charge in [-0.1, -0.05) is 28.1 Å². The first-order chi connectivity index (χ1) is 14.0. The van der Waals surface area contributed by atoms with Crippen molar-refractivity contribution in [2.45, 2.75) is 13.8 Å². The number of hydrogen-bond donors (Lipinski definition) is 1. The van der Waals surface area contributed by atoms with Crippen LogP contribution in [-0.2, 0) is 4.79 Å². The SMILES string of the molecule is CCOc1cccc(NC(=O)/C(C#N)=C/c2ccc(-c3ccc(C)cc3Br)o2)c1. The molecule has 1 N–H and O–H groups in total. The highest BCUT2D eigenvalue weighted by molar-refractivity contribution is 9.10. The smallest absolute Gasteiger partial charge is 0.266 e. The molecule has 0 saturated carbocycles. The molecule has 0 atom stereocenters. The minimum Gasteiger partial charge on any atom is -0.494 e. The lowest BCUT2D eigenvalue weighted by Crippen LogP contribution is -2.13. The number of aryl methyl sites for hydroxylation is 1. The van der Waals surface area contributed by atoms with Crippen LogP contribution in [0.1, 0.15) is 18.2 Å². The lowest BCUT2D eigenvalue weighted by atomic mass is 10.1. The fraction of sp³-hybridized carbons (Fsp3) is 0.130. The molecular weight excluding hydrogens is 432 g/mol. The number of nitriles is 1. The van der Waals surface area contributed by atoms with Crippen LogP contribution in [0.15, 0.2) is 69.1 Å². The Bertz CT molecular complexity index is 1110. The van der Waals surface area contributed by atoms with E-state index in [1.165, 1.54) is 6.08 Å². The predicted octanol–water partition coefficient (Wildman–Crippen LogP) is 5.96. The molecule has 0 bridgehead atoms. The molecule has 0 unspecified atom stereocenters. The first-order valence-corrected chi connectivity index (χ1v) is 9.82. The van der Waals surface area contributed by atoms with Gasteiger partial charge in [-0.2, -0.15) is 5.26 Å². The molecule has 0 fully saturated rings. The number of furan rings is 1. The molecule has 0 saturated heterocycles. The summed E-state index contributed by atoms with van der Waals surface area (Å²) in [4.78, 5) is 12.5. The summed E-state index contributed by atoms with van der Waals surface area (Å²) in [5.74, 6) is 1.19. The van der Waals surface area contributed by atoms with E-state index in [9.17, 15) is 10.1 Å². The monoisotopic (exact) mass is 450 g/mol. The minimum atomic E-state index is -0.518. The van der Waals surface area contributed by atoms with Crippen molar-refractivity contribution < 1.29 is 13.9 Å². The molecular formula is C23H19BrN2O3. The molecule has 0 aliphatic rings. The van der Waals surface area contributed by atoms with Gasteiger partial charge in [-0.25, -0.2) is 0 Å². The molecule has 1 heterocycles. The van der Waals surface area contributed by atoms with Gasteiger partial charge in [0.1, 0.15) is 28.9 Å². The van der Waals surface area contributed by atoms with Crippen molar-refractivity contribution in [3.63, 3.8) is 0 Å². The van der Waals surface area contributed by atoms with Crippen LogP contribution in [0.2, 0.25) is 0 Å². The maximum atomic E-state index is 12.5. The van der Waals surface area contributed by atoms with Gasteiger partial charge in [-0.05, 0) is 55.8 Å². The summed E-state index contributed by atoms with van der Waals surface area (Å²) in [5.41, 5.74) is 2.51. The molecule has 6 heteroatoms. The fourth-order valence-corrected chi connectivity index (χ4v) is 3.40. The Labute approximate surface area is 177 Å². The molecule has 2 aromatic carbocycles. The second-order valence-corrected chi connectivity index (χ2v) is 7.12. The second-order valence-electron chi connectivity index (χ2n) is 6.27. The third kappa shape index (κ3) is 5.15. The van der Waals surface area contributed by atoms with E-state index >= 15 is 0 Å². The number of ether oxygens (including phenoxy) is 1. The molecule has 3 rings (SSSR count). The van der Waals surface area contributed by atoms with Crippen LogP contribution in [0.25, 0.3) is 17.4 Å². The van der Waals surface area contributed by atoms with E-state index in [2.05, 4.69) is 21.2 Å². The van der Waals surface area contributed by atoms with Gasteiger partial charge in [0.15, 0.2) is 0 Å². The number of hydrogen-bond acceptors (Lipinski definition) is 4. The van der Waals surface area contributed by atoms with Gasteiger partial charge < -0.3 is 14.5 Å². The number of rotatable bonds is 6. The Kier molecular flexibility index (Phi) is 6.53. The predicted molar refractivity (Wildman–Crippen MR) is 116 cm³/mol. The molecule has 1 aromatic heterocycles. The third-order valence-electron chi connectivity index (χ3n) is 4.07. The van der Waals surface area contributed by atoms with E-state index in [4.69, 9.17) is 9.15 Å². The maximum Gasteiger partial charge on any atom is 0.266 e. The number of anilines is 1. The van der Waals surface area contributed by atoms with Crippen molar-refractivity contribution >= 4 is 33.6 Å². The van der Waals surface area contributed by atoms with Crippen molar-refractivity contribution in [2.75, 3.05) is 11.9 Å². The summed E-state index contributed by atoms with van der Waals surface area (Å²) < 4.78 is 12.2. The van der Waals surface area contributed by atoms with Crippen molar-refractivity contribution in [3.05, 3.63) is 76.0 Å². The number of carbonyl (C=O) groups excluding carboxylic acids is 1. The minimum absolute atomic E-state index is 0.0596. The fourth-order valence-electron chi connectivity index (χ4n) is 2.71. The zero-order valence-corrected chi connectivity index (χ0v) is 17.6. The van der Waals surface area contributed by atoms with Gasteiger partial charge in [0.05, 0.1) is 6.61 Å². The topological polar surface area (TPSA) is 75.3 Å². The summed E-state index contributed by atoms with van der Waals surface area (Å²) in [7, 11) is 0. The van der Waals surface area contributed by atoms with Crippen LogP contribution >= 0.6 is 15.9 Å². The number of nitrogens with zero attached hydrogens (tertiary/aromatic N) is 1. The molecule has 0 radical (unpaired) electrons. The Hall–Kier alpha value is -3.30. The summed E-state index contributed by atoms with van der Waals surface area (Å²) in [6.07, 6.45) is 1.42. The van der Waals surface area contributed by atoms with Gasteiger partial charge in [-0.15, -0.1) is 0 Å². The average Bonchev–Trinajstić information content (AvgIpc) is 3.15. The van der Waals surface area contributed by atoms with Gasteiger partial charge in [0.25, 0.3) is 5.91 Å². The van der Waals surface area contributed by atoms with Crippen molar-refractivity contribution in [1.29, 1.82) is 5.26 Å². The molecule has 3 aromatic rings. The average molecular weight is 451 g/mol. The molecule has 0 aliphatic carbocycles. The standard InChI is InChI=1S/C23H19BrN2O3/c1-3-28-18-6-4-5-17(13-18)26-23(27)16(14-25)12-19-8-10-22(29-19)20-9-7-15(2)11-21(20)24/h4-13H,3H2,1-2H3,(H,26,27)/b16-12+. The number of nitrogens with one attached hydrogen (secondary N) is 1. The van der Waals surface area contributed by atoms with Crippen LogP contribution in [-0.4, -0.2) is 12.5 Å². The highest BCUT2D eigenvalue weighted by Crippen LogP contribution is 2.31. The number of carbonyl (C=O) groups is 1. The Morgan fingerprint density at radius 1 is 1.24 bits per heavy atom. The molecule has 0 aliphatic heterocycles. The van der Waals surface area contributed by atoms with Gasteiger partial charge in [-0.3, -0.25) is 4.79 Å². The largest absolute Gasteiger partial charge is 0.494 e. The Morgan fingerprint density at radius 2 is 2.07 bits per heavy atom. The Morgan fingerprint density at radius 3 is 2.79 bits per heavy atom. The number of benzene rings is 2. The van der Waals surface area contributed by atoms with Gasteiger partial charge in [0, 0.05) is 27.9 Å². The van der Waals surface area contributed by atoms with Crippen LogP contribution < -0.4 is 10.1 Å². The van der Waals surface area contributed by atoms with Crippen molar-refractivity contribution in [1.82, 2.24) is 0 Å². The van der Waals surface area contributed by atoms with E-state index in [-0.39, 0.29) is 5.57 Å². The zero-order chi connectivity index (χ0) is 20.8. The van der Waals surface area contributed by atoms with E-state index in [1.807, 2.05) is 38.1 Å². The lowest BCUT2D eigenvalue weighted by molar-refractivity contribution is -0.112. The Balaban J connectivity index is 1.79. The van der Waals surface area contributed by atoms with Crippen molar-refractivity contribution in [2.24, 2.45) is 0 Å². The molecule has 146 valence electrons. The summed E-state index contributed by atoms with van der Waals surface area (Å²) in [5, 5.41) is 12.1. The van der Waals surface area contributed by atoms with Gasteiger partial charge in [0.2, 0.25) is 0 Å². The number of amides is 1.